The van der Waals surface area contributed by atoms with Crippen molar-refractivity contribution in [2.24, 2.45) is 5.41 Å². The lowest BCUT2D eigenvalue weighted by molar-refractivity contribution is -0.124. The largest absolute Gasteiger partial charge is 0.357 e. The molecule has 0 saturated carbocycles. The van der Waals surface area contributed by atoms with Gasteiger partial charge in [-0.25, -0.2) is 4.98 Å². The van der Waals surface area contributed by atoms with E-state index in [4.69, 9.17) is 11.6 Å². The Morgan fingerprint density at radius 1 is 1.25 bits per heavy atom. The number of nitrogens with zero attached hydrogens (tertiary/aromatic N) is 2. The van der Waals surface area contributed by atoms with Gasteiger partial charge in [-0.05, 0) is 29.7 Å². The summed E-state index contributed by atoms with van der Waals surface area (Å²) in [4.78, 5) is 30.0. The molecule has 3 rings (SSSR count). The van der Waals surface area contributed by atoms with E-state index in [2.05, 4.69) is 25.5 Å². The maximum Gasteiger partial charge on any atom is 0.272 e. The maximum atomic E-state index is 13.1. The van der Waals surface area contributed by atoms with Gasteiger partial charge in [-0.3, -0.25) is 9.59 Å². The third-order valence-corrected chi connectivity index (χ3v) is 5.10. The smallest absolute Gasteiger partial charge is 0.272 e. The molecule has 1 unspecified atom stereocenters. The molecule has 28 heavy (non-hydrogen) atoms. The van der Waals surface area contributed by atoms with Gasteiger partial charge in [-0.2, -0.15) is 0 Å². The molecule has 3 N–H and O–H groups in total. The first-order chi connectivity index (χ1) is 13.2. The number of amides is 2. The van der Waals surface area contributed by atoms with Crippen LogP contribution in [0.4, 0.5) is 0 Å². The van der Waals surface area contributed by atoms with Gasteiger partial charge in [-0.15, -0.1) is 0 Å². The molecule has 0 fully saturated rings. The number of aromatic nitrogens is 2. The number of fused-ring (bicyclic) bond motifs is 1. The first-order valence-corrected chi connectivity index (χ1v) is 9.68. The van der Waals surface area contributed by atoms with Gasteiger partial charge < -0.3 is 20.5 Å². The molecule has 7 nitrogen and oxygen atoms in total. The van der Waals surface area contributed by atoms with Crippen molar-refractivity contribution < 1.29 is 9.59 Å². The van der Waals surface area contributed by atoms with Crippen LogP contribution in [0.5, 0.6) is 0 Å². The molecule has 1 aromatic heterocycles. The molecule has 2 amide bonds. The van der Waals surface area contributed by atoms with E-state index in [0.29, 0.717) is 23.8 Å². The van der Waals surface area contributed by atoms with Crippen LogP contribution in [0.1, 0.15) is 37.0 Å². The Labute approximate surface area is 169 Å². The Bertz CT molecular complexity index is 883. The Hall–Kier alpha value is -2.38. The van der Waals surface area contributed by atoms with E-state index in [1.54, 1.807) is 19.2 Å². The second-order valence-corrected chi connectivity index (χ2v) is 8.39. The van der Waals surface area contributed by atoms with Crippen LogP contribution in [0.15, 0.2) is 24.3 Å². The van der Waals surface area contributed by atoms with E-state index in [0.717, 1.165) is 23.6 Å². The summed E-state index contributed by atoms with van der Waals surface area (Å²) in [6, 6.07) is 6.73. The number of likely N-dealkylation sites (N-methyl/N-ethyl adjacent to an activating group) is 1. The molecule has 1 aliphatic rings. The summed E-state index contributed by atoms with van der Waals surface area (Å²) in [5.74, 6) is 0.145. The van der Waals surface area contributed by atoms with Gasteiger partial charge in [0.15, 0.2) is 5.69 Å². The lowest BCUT2D eigenvalue weighted by atomic mass is 9.86. The van der Waals surface area contributed by atoms with Gasteiger partial charge in [-0.1, -0.05) is 32.4 Å². The number of carbonyl (C=O) groups is 2. The van der Waals surface area contributed by atoms with Crippen LogP contribution in [-0.2, 0) is 17.9 Å². The highest BCUT2D eigenvalue weighted by atomic mass is 35.5. The molecule has 0 saturated heterocycles. The van der Waals surface area contributed by atoms with Crippen molar-refractivity contribution in [3.05, 3.63) is 40.7 Å². The molecule has 2 heterocycles. The molecule has 0 spiro atoms. The monoisotopic (exact) mass is 403 g/mol. The minimum atomic E-state index is -0.669. The Morgan fingerprint density at radius 2 is 1.93 bits per heavy atom. The number of carbonyl (C=O) groups excluding carboxylic acids is 2. The summed E-state index contributed by atoms with van der Waals surface area (Å²) in [7, 11) is 1.56. The highest BCUT2D eigenvalue weighted by Gasteiger charge is 2.34. The summed E-state index contributed by atoms with van der Waals surface area (Å²) in [6.07, 6.45) is 0. The zero-order valence-corrected chi connectivity index (χ0v) is 17.4. The normalized spacial score (nSPS) is 14.9. The third kappa shape index (κ3) is 4.05. The van der Waals surface area contributed by atoms with Crippen molar-refractivity contribution in [2.75, 3.05) is 13.6 Å². The topological polar surface area (TPSA) is 88.1 Å². The standard InChI is InChI=1S/C20H26ClN5O2/c1-20(2,3)16(19(28)22-4)25-18(27)15-14-11-23-9-10-26(14)17(24-15)12-5-7-13(21)8-6-12/h5-8,16,23H,9-11H2,1-4H3,(H,22,28)(H,25,27). The second-order valence-electron chi connectivity index (χ2n) is 7.95. The minimum absolute atomic E-state index is 0.232. The van der Waals surface area contributed by atoms with Crippen LogP contribution in [-0.4, -0.2) is 41.0 Å². The number of hydrogen-bond acceptors (Lipinski definition) is 4. The van der Waals surface area contributed by atoms with Crippen molar-refractivity contribution in [2.45, 2.75) is 39.9 Å². The number of hydrogen-bond donors (Lipinski definition) is 3. The molecule has 1 aliphatic heterocycles. The zero-order chi connectivity index (χ0) is 20.5. The quantitative estimate of drug-likeness (QED) is 0.730. The van der Waals surface area contributed by atoms with Gasteiger partial charge in [0.2, 0.25) is 5.91 Å². The first-order valence-electron chi connectivity index (χ1n) is 9.31. The number of benzene rings is 1. The van der Waals surface area contributed by atoms with Crippen LogP contribution in [0.25, 0.3) is 11.4 Å². The minimum Gasteiger partial charge on any atom is -0.357 e. The summed E-state index contributed by atoms with van der Waals surface area (Å²) in [5, 5.41) is 9.43. The van der Waals surface area contributed by atoms with Gasteiger partial charge >= 0.3 is 0 Å². The first kappa shape index (κ1) is 20.4. The van der Waals surface area contributed by atoms with E-state index >= 15 is 0 Å². The lowest BCUT2D eigenvalue weighted by Gasteiger charge is -2.29. The Morgan fingerprint density at radius 3 is 2.54 bits per heavy atom. The molecule has 2 aromatic rings. The van der Waals surface area contributed by atoms with Crippen molar-refractivity contribution in [1.82, 2.24) is 25.5 Å². The van der Waals surface area contributed by atoms with Crippen LogP contribution >= 0.6 is 11.6 Å². The maximum absolute atomic E-state index is 13.1. The van der Waals surface area contributed by atoms with Gasteiger partial charge in [0, 0.05) is 37.3 Å². The summed E-state index contributed by atoms with van der Waals surface area (Å²) in [6.45, 7) is 7.80. The third-order valence-electron chi connectivity index (χ3n) is 4.84. The molecule has 0 aliphatic carbocycles. The highest BCUT2D eigenvalue weighted by molar-refractivity contribution is 6.30. The lowest BCUT2D eigenvalue weighted by Crippen LogP contribution is -2.53. The molecular formula is C20H26ClN5O2. The number of rotatable bonds is 4. The fourth-order valence-electron chi connectivity index (χ4n) is 3.32. The molecule has 1 atom stereocenters. The number of nitrogens with one attached hydrogen (secondary N) is 3. The van der Waals surface area contributed by atoms with E-state index in [1.807, 2.05) is 32.9 Å². The molecule has 150 valence electrons. The van der Waals surface area contributed by atoms with E-state index in [9.17, 15) is 9.59 Å². The average molecular weight is 404 g/mol. The van der Waals surface area contributed by atoms with Gasteiger partial charge in [0.25, 0.3) is 5.91 Å². The SMILES string of the molecule is CNC(=O)C(NC(=O)c1nc(-c2ccc(Cl)cc2)n2c1CNCC2)C(C)(C)C. The van der Waals surface area contributed by atoms with E-state index in [1.165, 1.54) is 0 Å². The van der Waals surface area contributed by atoms with Crippen LogP contribution in [0.3, 0.4) is 0 Å². The van der Waals surface area contributed by atoms with Crippen molar-refractivity contribution >= 4 is 23.4 Å². The molecule has 1 aromatic carbocycles. The summed E-state index contributed by atoms with van der Waals surface area (Å²) in [5.41, 5.74) is 1.62. The predicted molar refractivity (Wildman–Crippen MR) is 109 cm³/mol. The van der Waals surface area contributed by atoms with E-state index < -0.39 is 11.5 Å². The van der Waals surface area contributed by atoms with Crippen molar-refractivity contribution in [3.63, 3.8) is 0 Å². The molecule has 0 bridgehead atoms. The fourth-order valence-corrected chi connectivity index (χ4v) is 3.45. The van der Waals surface area contributed by atoms with Gasteiger partial charge in [0.1, 0.15) is 11.9 Å². The highest BCUT2D eigenvalue weighted by Crippen LogP contribution is 2.26. The molecular weight excluding hydrogens is 378 g/mol. The van der Waals surface area contributed by atoms with Crippen molar-refractivity contribution in [1.29, 1.82) is 0 Å². The molecule has 8 heteroatoms. The number of halogens is 1. The fraction of sp³-hybridized carbons (Fsp3) is 0.450. The predicted octanol–water partition coefficient (Wildman–Crippen LogP) is 2.20. The Kier molecular flexibility index (Phi) is 5.76. The average Bonchev–Trinajstić information content (AvgIpc) is 3.05. The van der Waals surface area contributed by atoms with Crippen LogP contribution in [0, 0.1) is 5.41 Å². The zero-order valence-electron chi connectivity index (χ0n) is 16.6. The summed E-state index contributed by atoms with van der Waals surface area (Å²) >= 11 is 6.00. The van der Waals surface area contributed by atoms with Gasteiger partial charge in [0.05, 0.1) is 5.69 Å². The van der Waals surface area contributed by atoms with Crippen LogP contribution < -0.4 is 16.0 Å². The number of imidazole rings is 1. The van der Waals surface area contributed by atoms with Crippen molar-refractivity contribution in [3.8, 4) is 11.4 Å². The summed E-state index contributed by atoms with van der Waals surface area (Å²) < 4.78 is 2.06. The molecule has 0 radical (unpaired) electrons. The Balaban J connectivity index is 1.98. The second kappa shape index (κ2) is 7.93. The van der Waals surface area contributed by atoms with E-state index in [-0.39, 0.29) is 11.8 Å². The van der Waals surface area contributed by atoms with Crippen LogP contribution in [0.2, 0.25) is 5.02 Å².